The van der Waals surface area contributed by atoms with Gasteiger partial charge in [0.2, 0.25) is 0 Å². The summed E-state index contributed by atoms with van der Waals surface area (Å²) in [6, 6.07) is 14.9. The van der Waals surface area contributed by atoms with Crippen molar-refractivity contribution < 1.29 is 14.3 Å². The molecule has 0 atom stereocenters. The Kier molecular flexibility index (Phi) is 5.80. The zero-order valence-corrected chi connectivity index (χ0v) is 16.2. The van der Waals surface area contributed by atoms with Gasteiger partial charge in [-0.25, -0.2) is 4.98 Å². The lowest BCUT2D eigenvalue weighted by molar-refractivity contribution is 0.102. The summed E-state index contributed by atoms with van der Waals surface area (Å²) < 4.78 is 11.4. The standard InChI is InChI=1S/C19H18N2O3S2/c1-23-14-9-13(10-15(11-14)24-2)17(22)21-18-16(20-19(25-3)26-18)12-7-5-4-6-8-12/h4-11H,1-3H3,(H,21,22). The molecule has 3 aromatic rings. The van der Waals surface area contributed by atoms with Gasteiger partial charge in [-0.3, -0.25) is 4.79 Å². The number of aromatic nitrogens is 1. The third-order valence-corrected chi connectivity index (χ3v) is 5.63. The fraction of sp³-hybridized carbons (Fsp3) is 0.158. The maximum Gasteiger partial charge on any atom is 0.256 e. The van der Waals surface area contributed by atoms with Crippen molar-refractivity contribution in [2.45, 2.75) is 4.34 Å². The molecule has 26 heavy (non-hydrogen) atoms. The number of ether oxygens (including phenoxy) is 2. The topological polar surface area (TPSA) is 60.5 Å². The number of benzene rings is 2. The number of amides is 1. The molecule has 1 aromatic heterocycles. The molecule has 0 saturated heterocycles. The second-order valence-corrected chi connectivity index (χ2v) is 7.34. The van der Waals surface area contributed by atoms with Gasteiger partial charge in [-0.1, -0.05) is 53.4 Å². The molecule has 0 aliphatic heterocycles. The van der Waals surface area contributed by atoms with Crippen LogP contribution in [0, 0.1) is 0 Å². The smallest absolute Gasteiger partial charge is 0.256 e. The molecule has 134 valence electrons. The van der Waals surface area contributed by atoms with Crippen LogP contribution in [0.3, 0.4) is 0 Å². The first-order valence-electron chi connectivity index (χ1n) is 7.79. The summed E-state index contributed by atoms with van der Waals surface area (Å²) in [5.74, 6) is 0.884. The van der Waals surface area contributed by atoms with Crippen LogP contribution in [0.15, 0.2) is 52.9 Å². The summed E-state index contributed by atoms with van der Waals surface area (Å²) in [6.45, 7) is 0. The number of nitrogens with one attached hydrogen (secondary N) is 1. The minimum absolute atomic E-state index is 0.240. The molecule has 0 unspecified atom stereocenters. The predicted molar refractivity (Wildman–Crippen MR) is 107 cm³/mol. The van der Waals surface area contributed by atoms with Gasteiger partial charge in [0.15, 0.2) is 4.34 Å². The van der Waals surface area contributed by atoms with Gasteiger partial charge < -0.3 is 14.8 Å². The summed E-state index contributed by atoms with van der Waals surface area (Å²) in [7, 11) is 3.11. The molecule has 2 aromatic carbocycles. The number of hydrogen-bond donors (Lipinski definition) is 1. The lowest BCUT2D eigenvalue weighted by Crippen LogP contribution is -2.12. The lowest BCUT2D eigenvalue weighted by Gasteiger charge is -2.09. The molecule has 0 bridgehead atoms. The van der Waals surface area contributed by atoms with Crippen LogP contribution < -0.4 is 14.8 Å². The van der Waals surface area contributed by atoms with E-state index < -0.39 is 0 Å². The number of rotatable bonds is 6. The maximum absolute atomic E-state index is 12.8. The van der Waals surface area contributed by atoms with E-state index in [1.807, 2.05) is 36.6 Å². The Bertz CT molecular complexity index is 888. The summed E-state index contributed by atoms with van der Waals surface area (Å²) in [6.07, 6.45) is 1.96. The van der Waals surface area contributed by atoms with Crippen LogP contribution in [-0.4, -0.2) is 31.4 Å². The van der Waals surface area contributed by atoms with Gasteiger partial charge in [0.1, 0.15) is 22.2 Å². The molecule has 1 heterocycles. The molecule has 0 aliphatic rings. The Labute approximate surface area is 160 Å². The summed E-state index contributed by atoms with van der Waals surface area (Å²) in [5, 5.41) is 3.69. The van der Waals surface area contributed by atoms with Crippen LogP contribution in [0.2, 0.25) is 0 Å². The Morgan fingerprint density at radius 1 is 1.08 bits per heavy atom. The molecule has 7 heteroatoms. The predicted octanol–water partition coefficient (Wildman–Crippen LogP) is 4.80. The van der Waals surface area contributed by atoms with Gasteiger partial charge in [-0.15, -0.1) is 0 Å². The SMILES string of the molecule is COc1cc(OC)cc(C(=O)Nc2sc(SC)nc2-c2ccccc2)c1. The lowest BCUT2D eigenvalue weighted by atomic mass is 10.1. The Morgan fingerprint density at radius 2 is 1.73 bits per heavy atom. The molecule has 0 saturated carbocycles. The first-order chi connectivity index (χ1) is 12.6. The van der Waals surface area contributed by atoms with E-state index in [9.17, 15) is 4.79 Å². The van der Waals surface area contributed by atoms with Gasteiger partial charge in [0, 0.05) is 17.2 Å². The normalized spacial score (nSPS) is 10.4. The van der Waals surface area contributed by atoms with Gasteiger partial charge in [-0.05, 0) is 18.4 Å². The van der Waals surface area contributed by atoms with E-state index >= 15 is 0 Å². The quantitative estimate of drug-likeness (QED) is 0.617. The van der Waals surface area contributed by atoms with Crippen LogP contribution in [-0.2, 0) is 0 Å². The van der Waals surface area contributed by atoms with E-state index in [0.29, 0.717) is 22.1 Å². The number of hydrogen-bond acceptors (Lipinski definition) is 6. The van der Waals surface area contributed by atoms with Crippen LogP contribution >= 0.6 is 23.1 Å². The highest BCUT2D eigenvalue weighted by atomic mass is 32.2. The van der Waals surface area contributed by atoms with Crippen molar-refractivity contribution in [3.8, 4) is 22.8 Å². The van der Waals surface area contributed by atoms with Crippen molar-refractivity contribution in [3.05, 3.63) is 54.1 Å². The molecule has 0 spiro atoms. The minimum Gasteiger partial charge on any atom is -0.497 e. The summed E-state index contributed by atoms with van der Waals surface area (Å²) >= 11 is 3.00. The van der Waals surface area contributed by atoms with Crippen LogP contribution in [0.5, 0.6) is 11.5 Å². The zero-order chi connectivity index (χ0) is 18.5. The van der Waals surface area contributed by atoms with Crippen LogP contribution in [0.1, 0.15) is 10.4 Å². The average Bonchev–Trinajstić information content (AvgIpc) is 3.11. The van der Waals surface area contributed by atoms with E-state index in [0.717, 1.165) is 15.6 Å². The number of carbonyl (C=O) groups is 1. The van der Waals surface area contributed by atoms with Crippen LogP contribution in [0.4, 0.5) is 5.00 Å². The molecule has 1 amide bonds. The number of thioether (sulfide) groups is 1. The summed E-state index contributed by atoms with van der Waals surface area (Å²) in [4.78, 5) is 17.4. The molecule has 0 aliphatic carbocycles. The Morgan fingerprint density at radius 3 is 2.31 bits per heavy atom. The van der Waals surface area contributed by atoms with E-state index in [-0.39, 0.29) is 5.91 Å². The monoisotopic (exact) mass is 386 g/mol. The largest absolute Gasteiger partial charge is 0.497 e. The fourth-order valence-electron chi connectivity index (χ4n) is 2.38. The molecule has 5 nitrogen and oxygen atoms in total. The van der Waals surface area contributed by atoms with Crippen LogP contribution in [0.25, 0.3) is 11.3 Å². The second-order valence-electron chi connectivity index (χ2n) is 5.28. The van der Waals surface area contributed by atoms with E-state index in [1.165, 1.54) is 11.3 Å². The first-order valence-corrected chi connectivity index (χ1v) is 9.83. The molecular formula is C19H18N2O3S2. The average molecular weight is 386 g/mol. The highest BCUT2D eigenvalue weighted by Crippen LogP contribution is 2.37. The number of nitrogens with zero attached hydrogens (tertiary/aromatic N) is 1. The zero-order valence-electron chi connectivity index (χ0n) is 14.6. The van der Waals surface area contributed by atoms with E-state index in [1.54, 1.807) is 44.2 Å². The van der Waals surface area contributed by atoms with Gasteiger partial charge >= 0.3 is 0 Å². The third kappa shape index (κ3) is 4.00. The highest BCUT2D eigenvalue weighted by molar-refractivity contribution is 8.00. The van der Waals surface area contributed by atoms with Crippen molar-refractivity contribution in [1.29, 1.82) is 0 Å². The van der Waals surface area contributed by atoms with Crippen molar-refractivity contribution in [2.75, 3.05) is 25.8 Å². The van der Waals surface area contributed by atoms with Gasteiger partial charge in [0.05, 0.1) is 14.2 Å². The molecule has 0 fully saturated rings. The summed E-state index contributed by atoms with van der Waals surface area (Å²) in [5.41, 5.74) is 2.19. The first kappa shape index (κ1) is 18.3. The Hall–Kier alpha value is -2.51. The third-order valence-electron chi connectivity index (χ3n) is 3.67. The second kappa shape index (κ2) is 8.25. The molecule has 3 rings (SSSR count). The highest BCUT2D eigenvalue weighted by Gasteiger charge is 2.17. The number of anilines is 1. The molecular weight excluding hydrogens is 368 g/mol. The number of methoxy groups -OCH3 is 2. The minimum atomic E-state index is -0.240. The van der Waals surface area contributed by atoms with Crippen molar-refractivity contribution in [2.24, 2.45) is 0 Å². The maximum atomic E-state index is 12.8. The fourth-order valence-corrected chi connectivity index (χ4v) is 3.86. The Balaban J connectivity index is 1.94. The number of thiazole rings is 1. The van der Waals surface area contributed by atoms with Crippen molar-refractivity contribution in [3.63, 3.8) is 0 Å². The number of carbonyl (C=O) groups excluding carboxylic acids is 1. The van der Waals surface area contributed by atoms with Crippen molar-refractivity contribution >= 4 is 34.0 Å². The molecule has 0 radical (unpaired) electrons. The van der Waals surface area contributed by atoms with E-state index in [2.05, 4.69) is 10.3 Å². The molecule has 1 N–H and O–H groups in total. The van der Waals surface area contributed by atoms with Gasteiger partial charge in [0.25, 0.3) is 5.91 Å². The van der Waals surface area contributed by atoms with Crippen molar-refractivity contribution in [1.82, 2.24) is 4.98 Å². The van der Waals surface area contributed by atoms with Gasteiger partial charge in [-0.2, -0.15) is 0 Å². The van der Waals surface area contributed by atoms with E-state index in [4.69, 9.17) is 9.47 Å².